The van der Waals surface area contributed by atoms with Crippen molar-refractivity contribution < 1.29 is 39.4 Å². The summed E-state index contributed by atoms with van der Waals surface area (Å²) in [6.07, 6.45) is -0.324. The van der Waals surface area contributed by atoms with E-state index < -0.39 is 54.5 Å². The zero-order chi connectivity index (χ0) is 23.1. The first kappa shape index (κ1) is 26.5. The molecule has 1 fully saturated rings. The van der Waals surface area contributed by atoms with E-state index in [4.69, 9.17) is 14.2 Å². The molecule has 0 aromatic rings. The molecular weight excluding hydrogens is 392 g/mol. The maximum absolute atomic E-state index is 12.4. The van der Waals surface area contributed by atoms with Gasteiger partial charge in [0.05, 0.1) is 29.5 Å². The van der Waals surface area contributed by atoms with Gasteiger partial charge in [-0.25, -0.2) is 4.79 Å². The average molecular weight is 429 g/mol. The molecule has 1 heterocycles. The maximum atomic E-state index is 12.4. The van der Waals surface area contributed by atoms with Crippen LogP contribution in [0, 0.1) is 0 Å². The Balaban J connectivity index is 2.82. The average Bonchev–Trinajstić information content (AvgIpc) is 2.72. The fourth-order valence-corrected chi connectivity index (χ4v) is 2.86. The highest BCUT2D eigenvalue weighted by Crippen LogP contribution is 2.29. The lowest BCUT2D eigenvalue weighted by atomic mass is 9.98. The lowest BCUT2D eigenvalue weighted by Crippen LogP contribution is -2.60. The van der Waals surface area contributed by atoms with Crippen LogP contribution in [0.2, 0.25) is 0 Å². The van der Waals surface area contributed by atoms with Gasteiger partial charge in [0.2, 0.25) is 0 Å². The van der Waals surface area contributed by atoms with Crippen molar-refractivity contribution in [2.24, 2.45) is 0 Å². The van der Waals surface area contributed by atoms with E-state index in [9.17, 15) is 25.2 Å². The Bertz CT molecular complexity index is 629. The van der Waals surface area contributed by atoms with E-state index >= 15 is 0 Å². The van der Waals surface area contributed by atoms with E-state index in [0.29, 0.717) is 19.3 Å². The summed E-state index contributed by atoms with van der Waals surface area (Å²) in [5.74, 6) is -0.841. The van der Waals surface area contributed by atoms with Crippen molar-refractivity contribution in [1.82, 2.24) is 0 Å². The second-order valence-corrected chi connectivity index (χ2v) is 8.04. The molecule has 8 nitrogen and oxygen atoms in total. The van der Waals surface area contributed by atoms with Gasteiger partial charge >= 0.3 is 5.97 Å². The third kappa shape index (κ3) is 7.01. The first-order valence-corrected chi connectivity index (χ1v) is 10.1. The summed E-state index contributed by atoms with van der Waals surface area (Å²) < 4.78 is 16.7. The number of carbonyl (C=O) groups is 1. The molecule has 6 unspecified atom stereocenters. The zero-order valence-electron chi connectivity index (χ0n) is 18.3. The molecule has 1 saturated heterocycles. The van der Waals surface area contributed by atoms with Crippen LogP contribution in [-0.4, -0.2) is 74.9 Å². The van der Waals surface area contributed by atoms with Crippen molar-refractivity contribution in [2.45, 2.75) is 88.9 Å². The van der Waals surface area contributed by atoms with E-state index in [1.165, 1.54) is 12.2 Å². The molecule has 30 heavy (non-hydrogen) atoms. The molecule has 1 aliphatic heterocycles. The molecule has 0 spiro atoms. The number of hydrogen-bond donors (Lipinski definition) is 4. The summed E-state index contributed by atoms with van der Waals surface area (Å²) >= 11 is 0. The molecule has 1 aliphatic rings. The van der Waals surface area contributed by atoms with Crippen molar-refractivity contribution in [3.63, 3.8) is 0 Å². The highest BCUT2D eigenvalue weighted by molar-refractivity contribution is 5.88. The van der Waals surface area contributed by atoms with Gasteiger partial charge in [0, 0.05) is 0 Å². The molecule has 0 aromatic carbocycles. The van der Waals surface area contributed by atoms with E-state index in [0.717, 1.165) is 0 Å². The highest BCUT2D eigenvalue weighted by Gasteiger charge is 2.47. The van der Waals surface area contributed by atoms with Gasteiger partial charge in [-0.2, -0.15) is 0 Å². The van der Waals surface area contributed by atoms with Gasteiger partial charge in [-0.05, 0) is 40.0 Å². The molecule has 8 heteroatoms. The monoisotopic (exact) mass is 428 g/mol. The SMILES string of the molecule is C=CC(C)(O)CC/C=C(\CO)C(=O)OC1C(C)OC(O[C@](C)(C=C)CC)C(O)C1O. The highest BCUT2D eigenvalue weighted by atomic mass is 16.7. The summed E-state index contributed by atoms with van der Waals surface area (Å²) in [5, 5.41) is 40.3. The van der Waals surface area contributed by atoms with Crippen LogP contribution in [0.1, 0.15) is 47.0 Å². The van der Waals surface area contributed by atoms with Crippen molar-refractivity contribution in [3.05, 3.63) is 37.0 Å². The number of allylic oxidation sites excluding steroid dienone is 1. The molecular formula is C22H36O8. The minimum absolute atomic E-state index is 0.0210. The van der Waals surface area contributed by atoms with E-state index in [1.54, 1.807) is 26.8 Å². The van der Waals surface area contributed by atoms with Crippen LogP contribution < -0.4 is 0 Å². The maximum Gasteiger partial charge on any atom is 0.336 e. The molecule has 4 N–H and O–H groups in total. The van der Waals surface area contributed by atoms with Gasteiger partial charge in [0.25, 0.3) is 0 Å². The van der Waals surface area contributed by atoms with Crippen molar-refractivity contribution >= 4 is 5.97 Å². The van der Waals surface area contributed by atoms with Crippen LogP contribution in [0.4, 0.5) is 0 Å². The summed E-state index contributed by atoms with van der Waals surface area (Å²) in [6.45, 7) is 13.5. The summed E-state index contributed by atoms with van der Waals surface area (Å²) in [6, 6.07) is 0. The number of ether oxygens (including phenoxy) is 3. The number of aliphatic hydroxyl groups excluding tert-OH is 3. The molecule has 0 radical (unpaired) electrons. The number of esters is 1. The Hall–Kier alpha value is -1.55. The third-order valence-corrected chi connectivity index (χ3v) is 5.45. The first-order chi connectivity index (χ1) is 13.9. The van der Waals surface area contributed by atoms with Crippen LogP contribution in [0.3, 0.4) is 0 Å². The van der Waals surface area contributed by atoms with Crippen LogP contribution >= 0.6 is 0 Å². The number of aliphatic hydroxyl groups is 4. The predicted octanol–water partition coefficient (Wildman–Crippen LogP) is 1.37. The number of carbonyl (C=O) groups excluding carboxylic acids is 1. The van der Waals surface area contributed by atoms with Gasteiger partial charge in [0.1, 0.15) is 12.2 Å². The zero-order valence-corrected chi connectivity index (χ0v) is 18.3. The Labute approximate surface area is 178 Å². The Morgan fingerprint density at radius 1 is 1.20 bits per heavy atom. The minimum Gasteiger partial charge on any atom is -0.453 e. The summed E-state index contributed by atoms with van der Waals surface area (Å²) in [7, 11) is 0. The lowest BCUT2D eigenvalue weighted by molar-refractivity contribution is -0.314. The van der Waals surface area contributed by atoms with Crippen molar-refractivity contribution in [1.29, 1.82) is 0 Å². The smallest absolute Gasteiger partial charge is 0.336 e. The Morgan fingerprint density at radius 2 is 1.83 bits per heavy atom. The molecule has 7 atom stereocenters. The molecule has 0 aliphatic carbocycles. The molecule has 0 aromatic heterocycles. The van der Waals surface area contributed by atoms with Gasteiger partial charge in [-0.15, -0.1) is 13.2 Å². The van der Waals surface area contributed by atoms with Gasteiger partial charge in [-0.1, -0.05) is 25.2 Å². The van der Waals surface area contributed by atoms with E-state index in [2.05, 4.69) is 13.2 Å². The fourth-order valence-electron chi connectivity index (χ4n) is 2.86. The largest absolute Gasteiger partial charge is 0.453 e. The predicted molar refractivity (Wildman–Crippen MR) is 111 cm³/mol. The molecule has 0 amide bonds. The number of hydrogen-bond acceptors (Lipinski definition) is 8. The first-order valence-electron chi connectivity index (χ1n) is 10.1. The van der Waals surface area contributed by atoms with E-state index in [-0.39, 0.29) is 5.57 Å². The lowest BCUT2D eigenvalue weighted by Gasteiger charge is -2.43. The van der Waals surface area contributed by atoms with Crippen LogP contribution in [0.25, 0.3) is 0 Å². The van der Waals surface area contributed by atoms with Crippen LogP contribution in [0.15, 0.2) is 37.0 Å². The van der Waals surface area contributed by atoms with Crippen molar-refractivity contribution in [3.8, 4) is 0 Å². The molecule has 0 saturated carbocycles. The van der Waals surface area contributed by atoms with Crippen LogP contribution in [-0.2, 0) is 19.0 Å². The quantitative estimate of drug-likeness (QED) is 0.221. The summed E-state index contributed by atoms with van der Waals surface area (Å²) in [5.41, 5.74) is -1.87. The second-order valence-electron chi connectivity index (χ2n) is 8.04. The number of rotatable bonds is 11. The van der Waals surface area contributed by atoms with E-state index in [1.807, 2.05) is 6.92 Å². The minimum atomic E-state index is -1.45. The van der Waals surface area contributed by atoms with Gasteiger partial charge in [-0.3, -0.25) is 0 Å². The topological polar surface area (TPSA) is 126 Å². The second kappa shape index (κ2) is 11.2. The summed E-state index contributed by atoms with van der Waals surface area (Å²) in [4.78, 5) is 12.4. The third-order valence-electron chi connectivity index (χ3n) is 5.45. The standard InChI is InChI=1S/C22H36O8/c1-7-21(5,27)12-10-11-15(13-23)19(26)29-18-14(4)28-20(17(25)16(18)24)30-22(6,8-2)9-3/h7-8,11,14,16-18,20,23-25,27H,1-2,9-10,12-13H2,3-6H3/b15-11+/t14?,16?,17?,18?,20?,21?,22-/m1/s1. The normalized spacial score (nSPS) is 31.3. The molecule has 172 valence electrons. The molecule has 0 bridgehead atoms. The Kier molecular flexibility index (Phi) is 9.87. The Morgan fingerprint density at radius 3 is 2.33 bits per heavy atom. The van der Waals surface area contributed by atoms with Crippen LogP contribution in [0.5, 0.6) is 0 Å². The van der Waals surface area contributed by atoms with Gasteiger partial charge < -0.3 is 34.6 Å². The molecule has 1 rings (SSSR count). The fraction of sp³-hybridized carbons (Fsp3) is 0.682. The van der Waals surface area contributed by atoms with Gasteiger partial charge in [0.15, 0.2) is 12.4 Å². The van der Waals surface area contributed by atoms with Crippen molar-refractivity contribution in [2.75, 3.05) is 6.61 Å².